The Bertz CT molecular complexity index is 525. The summed E-state index contributed by atoms with van der Waals surface area (Å²) in [6.45, 7) is 0.0322. The molecular weight excluding hydrogens is 226 g/mol. The van der Waals surface area contributed by atoms with Crippen LogP contribution in [0.25, 0.3) is 0 Å². The number of hydrogen-bond acceptors (Lipinski definition) is 3. The molecule has 2 aromatic carbocycles. The Morgan fingerprint density at radius 2 is 1.89 bits per heavy atom. The van der Waals surface area contributed by atoms with E-state index in [0.717, 1.165) is 22.7 Å². The lowest BCUT2D eigenvalue weighted by atomic mass is 10.1. The lowest BCUT2D eigenvalue weighted by Crippen LogP contribution is -2.11. The molecule has 0 heterocycles. The van der Waals surface area contributed by atoms with Crippen LogP contribution in [0, 0.1) is 0 Å². The minimum absolute atomic E-state index is 0.0322. The van der Waals surface area contributed by atoms with Gasteiger partial charge in [0.2, 0.25) is 0 Å². The van der Waals surface area contributed by atoms with Crippen LogP contribution in [-0.2, 0) is 6.61 Å². The molecule has 0 atom stereocenters. The number of aliphatic hydroxyl groups is 1. The van der Waals surface area contributed by atoms with E-state index in [9.17, 15) is 5.11 Å². The van der Waals surface area contributed by atoms with Gasteiger partial charge in [-0.2, -0.15) is 0 Å². The van der Waals surface area contributed by atoms with Crippen LogP contribution in [0.2, 0.25) is 0 Å². The molecule has 0 aliphatic carbocycles. The number of ether oxygens (including phenoxy) is 1. The Morgan fingerprint density at radius 1 is 1.11 bits per heavy atom. The Kier molecular flexibility index (Phi) is 3.85. The molecular formula is C15H17NO2. The van der Waals surface area contributed by atoms with E-state index in [2.05, 4.69) is 0 Å². The highest BCUT2D eigenvalue weighted by Gasteiger charge is 2.08. The Hall–Kier alpha value is -2.00. The van der Waals surface area contributed by atoms with E-state index in [1.807, 2.05) is 60.5 Å². The minimum atomic E-state index is 0.0322. The van der Waals surface area contributed by atoms with E-state index in [0.29, 0.717) is 0 Å². The van der Waals surface area contributed by atoms with Gasteiger partial charge >= 0.3 is 0 Å². The zero-order chi connectivity index (χ0) is 13.0. The van der Waals surface area contributed by atoms with Crippen LogP contribution in [0.1, 0.15) is 5.56 Å². The van der Waals surface area contributed by atoms with Crippen molar-refractivity contribution in [1.29, 1.82) is 0 Å². The molecule has 0 unspecified atom stereocenters. The molecule has 0 aliphatic heterocycles. The molecule has 3 nitrogen and oxygen atoms in total. The average molecular weight is 243 g/mol. The topological polar surface area (TPSA) is 32.7 Å². The Morgan fingerprint density at radius 3 is 2.61 bits per heavy atom. The van der Waals surface area contributed by atoms with Gasteiger partial charge in [0.25, 0.3) is 0 Å². The van der Waals surface area contributed by atoms with Crippen molar-refractivity contribution in [2.24, 2.45) is 0 Å². The second kappa shape index (κ2) is 5.56. The highest BCUT2D eigenvalue weighted by molar-refractivity contribution is 5.66. The van der Waals surface area contributed by atoms with Gasteiger partial charge in [-0.3, -0.25) is 0 Å². The van der Waals surface area contributed by atoms with E-state index in [-0.39, 0.29) is 6.61 Å². The molecule has 0 radical (unpaired) electrons. The molecule has 2 aromatic rings. The van der Waals surface area contributed by atoms with Crippen LogP contribution in [-0.4, -0.2) is 19.3 Å². The molecule has 2 rings (SSSR count). The van der Waals surface area contributed by atoms with Crippen molar-refractivity contribution in [3.8, 4) is 5.75 Å². The molecule has 0 amide bonds. The fourth-order valence-corrected chi connectivity index (χ4v) is 1.93. The van der Waals surface area contributed by atoms with Gasteiger partial charge in [0.05, 0.1) is 13.7 Å². The predicted octanol–water partition coefficient (Wildman–Crippen LogP) is 2.96. The summed E-state index contributed by atoms with van der Waals surface area (Å²) in [7, 11) is 3.63. The third-order valence-electron chi connectivity index (χ3n) is 2.96. The fraction of sp³-hybridized carbons (Fsp3) is 0.200. The summed E-state index contributed by atoms with van der Waals surface area (Å²) < 4.78 is 5.22. The minimum Gasteiger partial charge on any atom is -0.497 e. The number of aliphatic hydroxyl groups excluding tert-OH is 1. The maximum atomic E-state index is 9.36. The lowest BCUT2D eigenvalue weighted by Gasteiger charge is -2.22. The molecule has 0 spiro atoms. The summed E-state index contributed by atoms with van der Waals surface area (Å²) in [5.74, 6) is 0.820. The average Bonchev–Trinajstić information content (AvgIpc) is 2.46. The molecule has 0 fully saturated rings. The number of hydrogen-bond donors (Lipinski definition) is 1. The molecule has 0 bridgehead atoms. The van der Waals surface area contributed by atoms with E-state index in [4.69, 9.17) is 4.74 Å². The van der Waals surface area contributed by atoms with Gasteiger partial charge in [-0.25, -0.2) is 0 Å². The molecule has 94 valence electrons. The highest BCUT2D eigenvalue weighted by Crippen LogP contribution is 2.29. The number of benzene rings is 2. The molecule has 1 N–H and O–H groups in total. The highest BCUT2D eigenvalue weighted by atomic mass is 16.5. The van der Waals surface area contributed by atoms with E-state index >= 15 is 0 Å². The first-order valence-corrected chi connectivity index (χ1v) is 5.83. The second-order valence-corrected chi connectivity index (χ2v) is 4.05. The second-order valence-electron chi connectivity index (χ2n) is 4.05. The maximum Gasteiger partial charge on any atom is 0.120 e. The predicted molar refractivity (Wildman–Crippen MR) is 73.4 cm³/mol. The Balaban J connectivity index is 2.37. The third-order valence-corrected chi connectivity index (χ3v) is 2.96. The molecule has 0 saturated heterocycles. The number of nitrogens with zero attached hydrogens (tertiary/aromatic N) is 1. The van der Waals surface area contributed by atoms with Gasteiger partial charge < -0.3 is 14.7 Å². The van der Waals surface area contributed by atoms with Gasteiger partial charge in [-0.05, 0) is 18.2 Å². The molecule has 0 aromatic heterocycles. The Labute approximate surface area is 107 Å². The van der Waals surface area contributed by atoms with E-state index in [1.54, 1.807) is 7.11 Å². The van der Waals surface area contributed by atoms with E-state index < -0.39 is 0 Å². The largest absolute Gasteiger partial charge is 0.497 e. The summed E-state index contributed by atoms with van der Waals surface area (Å²) in [4.78, 5) is 2.04. The monoisotopic (exact) mass is 243 g/mol. The fourth-order valence-electron chi connectivity index (χ4n) is 1.93. The van der Waals surface area contributed by atoms with E-state index in [1.165, 1.54) is 0 Å². The van der Waals surface area contributed by atoms with Crippen LogP contribution < -0.4 is 9.64 Å². The number of para-hydroxylation sites is 1. The van der Waals surface area contributed by atoms with Crippen LogP contribution in [0.3, 0.4) is 0 Å². The first kappa shape index (κ1) is 12.5. The molecule has 18 heavy (non-hydrogen) atoms. The molecule has 3 heteroatoms. The van der Waals surface area contributed by atoms with Crippen LogP contribution in [0.4, 0.5) is 11.4 Å². The van der Waals surface area contributed by atoms with Crippen LogP contribution in [0.15, 0.2) is 48.5 Å². The first-order valence-electron chi connectivity index (χ1n) is 5.83. The number of anilines is 2. The van der Waals surface area contributed by atoms with Crippen molar-refractivity contribution < 1.29 is 9.84 Å². The molecule has 0 aliphatic rings. The summed E-state index contributed by atoms with van der Waals surface area (Å²) in [5.41, 5.74) is 2.92. The maximum absolute atomic E-state index is 9.36. The van der Waals surface area contributed by atoms with Gasteiger partial charge in [0, 0.05) is 30.1 Å². The third kappa shape index (κ3) is 2.46. The quantitative estimate of drug-likeness (QED) is 0.896. The lowest BCUT2D eigenvalue weighted by molar-refractivity contribution is 0.282. The van der Waals surface area contributed by atoms with Gasteiger partial charge in [0.15, 0.2) is 0 Å². The summed E-state index contributed by atoms with van der Waals surface area (Å²) in [6, 6.07) is 15.6. The normalized spacial score (nSPS) is 10.2. The smallest absolute Gasteiger partial charge is 0.120 e. The SMILES string of the molecule is COc1cccc(N(C)c2ccccc2CO)c1. The summed E-state index contributed by atoms with van der Waals surface area (Å²) in [5, 5.41) is 9.36. The van der Waals surface area contributed by atoms with Crippen molar-refractivity contribution in [1.82, 2.24) is 0 Å². The summed E-state index contributed by atoms with van der Waals surface area (Å²) >= 11 is 0. The van der Waals surface area contributed by atoms with Gasteiger partial charge in [0.1, 0.15) is 5.75 Å². The van der Waals surface area contributed by atoms with Crippen LogP contribution >= 0.6 is 0 Å². The van der Waals surface area contributed by atoms with Crippen molar-refractivity contribution >= 4 is 11.4 Å². The first-order chi connectivity index (χ1) is 8.76. The van der Waals surface area contributed by atoms with Gasteiger partial charge in [-0.15, -0.1) is 0 Å². The van der Waals surface area contributed by atoms with Crippen molar-refractivity contribution in [3.63, 3.8) is 0 Å². The zero-order valence-electron chi connectivity index (χ0n) is 10.6. The van der Waals surface area contributed by atoms with Crippen molar-refractivity contribution in [2.75, 3.05) is 19.1 Å². The summed E-state index contributed by atoms with van der Waals surface area (Å²) in [6.07, 6.45) is 0. The number of methoxy groups -OCH3 is 1. The zero-order valence-corrected chi connectivity index (χ0v) is 10.6. The van der Waals surface area contributed by atoms with Crippen LogP contribution in [0.5, 0.6) is 5.75 Å². The van der Waals surface area contributed by atoms with Crippen molar-refractivity contribution in [2.45, 2.75) is 6.61 Å². The van der Waals surface area contributed by atoms with Crippen molar-refractivity contribution in [3.05, 3.63) is 54.1 Å². The van der Waals surface area contributed by atoms with Gasteiger partial charge in [-0.1, -0.05) is 24.3 Å². The molecule has 0 saturated carbocycles. The standard InChI is InChI=1S/C15H17NO2/c1-16(13-7-5-8-14(10-13)18-2)15-9-4-3-6-12(15)11-17/h3-10,17H,11H2,1-2H3. The number of rotatable bonds is 4.